The van der Waals surface area contributed by atoms with E-state index in [9.17, 15) is 19.8 Å². The standard InChI is InChI=1S/C20H21BN2O5/c1-12(23(3)11-18(22)24)8-9-14-13(2)28-19(25)10-16(14)15-6-4-5-7-17(15)20(21,26)27/h4-10,26-27H,1,11H2,2-3H3,(H2,22,24)/b9-8-. The molecule has 0 unspecified atom stereocenters. The topological polar surface area (TPSA) is 117 Å². The van der Waals surface area contributed by atoms with Crippen LogP contribution >= 0.6 is 0 Å². The molecule has 0 bridgehead atoms. The summed E-state index contributed by atoms with van der Waals surface area (Å²) in [6.45, 7) is 5.47. The summed E-state index contributed by atoms with van der Waals surface area (Å²) in [5, 5.41) is 19.8. The van der Waals surface area contributed by atoms with Crippen LogP contribution in [0.25, 0.3) is 17.2 Å². The number of allylic oxidation sites excluding steroid dienone is 1. The van der Waals surface area contributed by atoms with Crippen molar-refractivity contribution < 1.29 is 19.4 Å². The lowest BCUT2D eigenvalue weighted by atomic mass is 9.82. The summed E-state index contributed by atoms with van der Waals surface area (Å²) in [4.78, 5) is 24.6. The van der Waals surface area contributed by atoms with Gasteiger partial charge in [-0.15, -0.1) is 0 Å². The quantitative estimate of drug-likeness (QED) is 0.372. The van der Waals surface area contributed by atoms with Gasteiger partial charge in [0.15, 0.2) is 7.85 Å². The van der Waals surface area contributed by atoms with Crippen molar-refractivity contribution >= 4 is 19.8 Å². The zero-order chi connectivity index (χ0) is 21.1. The molecule has 2 rings (SSSR count). The Kier molecular flexibility index (Phi) is 6.28. The minimum absolute atomic E-state index is 0.00750. The predicted molar refractivity (Wildman–Crippen MR) is 107 cm³/mol. The number of rotatable bonds is 7. The molecule has 1 aromatic carbocycles. The second-order valence-corrected chi connectivity index (χ2v) is 6.37. The normalized spacial score (nSPS) is 11.6. The van der Waals surface area contributed by atoms with Crippen LogP contribution < -0.4 is 11.4 Å². The highest BCUT2D eigenvalue weighted by molar-refractivity contribution is 6.14. The van der Waals surface area contributed by atoms with Gasteiger partial charge in [-0.25, -0.2) is 4.79 Å². The van der Waals surface area contributed by atoms with Gasteiger partial charge in [0.1, 0.15) is 11.4 Å². The second kappa shape index (κ2) is 8.29. The number of carbonyl (C=O) groups excluding carboxylic acids is 1. The van der Waals surface area contributed by atoms with Crippen molar-refractivity contribution in [2.45, 2.75) is 12.6 Å². The molecule has 7 nitrogen and oxygen atoms in total. The van der Waals surface area contributed by atoms with Crippen molar-refractivity contribution in [3.05, 3.63) is 76.0 Å². The van der Waals surface area contributed by atoms with Crippen LogP contribution in [0.4, 0.5) is 0 Å². The third-order valence-electron chi connectivity index (χ3n) is 4.12. The van der Waals surface area contributed by atoms with Gasteiger partial charge in [-0.3, -0.25) is 4.79 Å². The lowest BCUT2D eigenvalue weighted by Crippen LogP contribution is -2.29. The molecule has 0 fully saturated rings. The molecule has 4 N–H and O–H groups in total. The average molecular weight is 380 g/mol. The largest absolute Gasteiger partial charge is 0.428 e. The van der Waals surface area contributed by atoms with Crippen molar-refractivity contribution in [2.75, 3.05) is 13.6 Å². The first-order valence-corrected chi connectivity index (χ1v) is 8.35. The number of hydrogen-bond acceptors (Lipinski definition) is 6. The summed E-state index contributed by atoms with van der Waals surface area (Å²) in [7, 11) is 7.11. The number of amides is 1. The molecular weight excluding hydrogens is 359 g/mol. The van der Waals surface area contributed by atoms with Gasteiger partial charge in [-0.1, -0.05) is 30.8 Å². The molecule has 0 aliphatic heterocycles. The van der Waals surface area contributed by atoms with E-state index in [2.05, 4.69) is 6.58 Å². The number of nitrogens with zero attached hydrogens (tertiary/aromatic N) is 1. The molecular formula is C20H21BN2O5. The summed E-state index contributed by atoms with van der Waals surface area (Å²) >= 11 is 0. The Labute approximate surface area is 163 Å². The number of aliphatic hydroxyl groups is 2. The maximum absolute atomic E-state index is 11.9. The Hall–Kier alpha value is -3.10. The molecule has 1 aromatic heterocycles. The summed E-state index contributed by atoms with van der Waals surface area (Å²) in [6.07, 6.45) is 3.28. The molecule has 2 radical (unpaired) electrons. The Bertz CT molecular complexity index is 989. The van der Waals surface area contributed by atoms with Gasteiger partial charge in [0.05, 0.1) is 6.54 Å². The van der Waals surface area contributed by atoms with Crippen LogP contribution in [0.3, 0.4) is 0 Å². The molecule has 1 amide bonds. The van der Waals surface area contributed by atoms with Crippen molar-refractivity contribution in [3.8, 4) is 11.1 Å². The summed E-state index contributed by atoms with van der Waals surface area (Å²) in [6, 6.07) is 7.59. The fraction of sp³-hybridized carbons (Fsp3) is 0.200. The lowest BCUT2D eigenvalue weighted by molar-refractivity contribution is -0.118. The summed E-state index contributed by atoms with van der Waals surface area (Å²) in [5.41, 5.74) is 3.81. The smallest absolute Gasteiger partial charge is 0.336 e. The van der Waals surface area contributed by atoms with Crippen LogP contribution in [0, 0.1) is 6.92 Å². The van der Waals surface area contributed by atoms with Crippen LogP contribution in [0.1, 0.15) is 16.9 Å². The maximum Gasteiger partial charge on any atom is 0.336 e. The molecule has 0 saturated heterocycles. The van der Waals surface area contributed by atoms with Crippen molar-refractivity contribution in [2.24, 2.45) is 5.73 Å². The number of primary amides is 1. The zero-order valence-electron chi connectivity index (χ0n) is 15.7. The van der Waals surface area contributed by atoms with Crippen LogP contribution in [-0.2, 0) is 10.5 Å². The van der Waals surface area contributed by atoms with Gasteiger partial charge in [-0.05, 0) is 30.2 Å². The first-order valence-electron chi connectivity index (χ1n) is 8.35. The van der Waals surface area contributed by atoms with E-state index in [1.54, 1.807) is 49.2 Å². The van der Waals surface area contributed by atoms with Crippen molar-refractivity contribution in [1.82, 2.24) is 4.90 Å². The molecule has 0 saturated carbocycles. The minimum atomic E-state index is -2.59. The zero-order valence-corrected chi connectivity index (χ0v) is 15.7. The van der Waals surface area contributed by atoms with E-state index < -0.39 is 17.2 Å². The first-order chi connectivity index (χ1) is 13.0. The van der Waals surface area contributed by atoms with E-state index in [4.69, 9.17) is 18.0 Å². The van der Waals surface area contributed by atoms with E-state index >= 15 is 0 Å². The fourth-order valence-corrected chi connectivity index (χ4v) is 2.73. The molecule has 0 atom stereocenters. The third-order valence-corrected chi connectivity index (χ3v) is 4.12. The predicted octanol–water partition coefficient (Wildman–Crippen LogP) is 0.823. The number of hydrogen-bond donors (Lipinski definition) is 3. The molecule has 1 heterocycles. The molecule has 0 aliphatic rings. The highest BCUT2D eigenvalue weighted by Crippen LogP contribution is 2.32. The van der Waals surface area contributed by atoms with Gasteiger partial charge in [0.2, 0.25) is 5.91 Å². The Morgan fingerprint density at radius 3 is 2.61 bits per heavy atom. The summed E-state index contributed by atoms with van der Waals surface area (Å²) in [5.74, 6) is -0.184. The van der Waals surface area contributed by atoms with Crippen LogP contribution in [0.2, 0.25) is 0 Å². The Balaban J connectivity index is 2.58. The SMILES string of the molecule is [B]C(O)(O)c1ccccc1-c1cc(=O)oc(C)c1/C=C\C(=C)N(C)CC(N)=O. The van der Waals surface area contributed by atoms with Crippen LogP contribution in [0.15, 0.2) is 57.9 Å². The fourth-order valence-electron chi connectivity index (χ4n) is 2.73. The third kappa shape index (κ3) is 5.00. The molecule has 2 aromatic rings. The molecule has 8 heteroatoms. The molecule has 0 spiro atoms. The van der Waals surface area contributed by atoms with Gasteiger partial charge >= 0.3 is 5.63 Å². The van der Waals surface area contributed by atoms with Gasteiger partial charge in [-0.2, -0.15) is 0 Å². The molecule has 28 heavy (non-hydrogen) atoms. The van der Waals surface area contributed by atoms with E-state index in [0.29, 0.717) is 28.1 Å². The lowest BCUT2D eigenvalue weighted by Gasteiger charge is -2.22. The molecule has 0 aliphatic carbocycles. The van der Waals surface area contributed by atoms with E-state index in [1.807, 2.05) is 0 Å². The summed E-state index contributed by atoms with van der Waals surface area (Å²) < 4.78 is 5.17. The number of carbonyl (C=O) groups is 1. The van der Waals surface area contributed by atoms with E-state index in [0.717, 1.165) is 0 Å². The first kappa shape index (κ1) is 21.2. The van der Waals surface area contributed by atoms with Crippen molar-refractivity contribution in [1.29, 1.82) is 0 Å². The maximum atomic E-state index is 11.9. The average Bonchev–Trinajstić information content (AvgIpc) is 2.58. The van der Waals surface area contributed by atoms with Crippen molar-refractivity contribution in [3.63, 3.8) is 0 Å². The second-order valence-electron chi connectivity index (χ2n) is 6.37. The van der Waals surface area contributed by atoms with Crippen LogP contribution in [-0.4, -0.2) is 42.5 Å². The minimum Gasteiger partial charge on any atom is -0.428 e. The number of aryl methyl sites for hydroxylation is 1. The number of likely N-dealkylation sites (N-methyl/N-ethyl adjacent to an activating group) is 1. The Morgan fingerprint density at radius 2 is 2.00 bits per heavy atom. The van der Waals surface area contributed by atoms with E-state index in [1.165, 1.54) is 12.1 Å². The van der Waals surface area contributed by atoms with Crippen LogP contribution in [0.5, 0.6) is 0 Å². The Morgan fingerprint density at radius 1 is 1.36 bits per heavy atom. The number of nitrogens with two attached hydrogens (primary N) is 1. The van der Waals surface area contributed by atoms with Gasteiger partial charge < -0.3 is 25.3 Å². The monoisotopic (exact) mass is 380 g/mol. The van der Waals surface area contributed by atoms with E-state index in [-0.39, 0.29) is 12.1 Å². The number of benzene rings is 1. The van der Waals surface area contributed by atoms with Gasteiger partial charge in [0.25, 0.3) is 0 Å². The highest BCUT2D eigenvalue weighted by atomic mass is 16.5. The molecule has 144 valence electrons. The highest BCUT2D eigenvalue weighted by Gasteiger charge is 2.23. The van der Waals surface area contributed by atoms with Gasteiger partial charge in [0, 0.05) is 29.9 Å².